The van der Waals surface area contributed by atoms with E-state index in [1.165, 1.54) is 0 Å². The summed E-state index contributed by atoms with van der Waals surface area (Å²) in [6.45, 7) is 2.14. The minimum atomic E-state index is 0.0207. The van der Waals surface area contributed by atoms with Gasteiger partial charge in [0.2, 0.25) is 5.91 Å². The van der Waals surface area contributed by atoms with Gasteiger partial charge in [0.25, 0.3) is 0 Å². The van der Waals surface area contributed by atoms with Crippen molar-refractivity contribution in [2.24, 2.45) is 0 Å². The number of rotatable bonds is 3. The molecule has 2 nitrogen and oxygen atoms in total. The number of nitrogens with one attached hydrogen (secondary N) is 1. The molecule has 0 aromatic rings. The van der Waals surface area contributed by atoms with Gasteiger partial charge >= 0.3 is 0 Å². The normalized spacial score (nSPS) is 23.1. The summed E-state index contributed by atoms with van der Waals surface area (Å²) >= 11 is 0. The Morgan fingerprint density at radius 3 is 3.25 bits per heavy atom. The largest absolute Gasteiger partial charge is 0.346 e. The average molecular weight is 165 g/mol. The molecule has 1 heterocycles. The molecule has 0 saturated heterocycles. The molecular weight excluding hydrogens is 150 g/mol. The fourth-order valence-corrected chi connectivity index (χ4v) is 1.17. The molecule has 1 atom stereocenters. The first-order chi connectivity index (χ1) is 5.83. The maximum atomic E-state index is 10.9. The summed E-state index contributed by atoms with van der Waals surface area (Å²) in [5.74, 6) is 0.0207. The minimum absolute atomic E-state index is 0.0207. The van der Waals surface area contributed by atoms with Crippen LogP contribution < -0.4 is 5.32 Å². The highest BCUT2D eigenvalue weighted by Crippen LogP contribution is 2.02. The molecule has 0 radical (unpaired) electrons. The second kappa shape index (κ2) is 4.75. The summed E-state index contributed by atoms with van der Waals surface area (Å²) in [6, 6.07) is 0.217. The monoisotopic (exact) mass is 165 g/mol. The molecule has 1 rings (SSSR count). The van der Waals surface area contributed by atoms with Crippen LogP contribution >= 0.6 is 0 Å². The standard InChI is InChI=1S/C10H15NO/c1-2-3-4-6-9-7-5-8-10(12)11-9/h4-6,8-9H,2-3,7H2,1H3,(H,11,12)/b6-4+/t9-/m0/s1. The van der Waals surface area contributed by atoms with Crippen LogP contribution in [0.4, 0.5) is 0 Å². The van der Waals surface area contributed by atoms with E-state index in [9.17, 15) is 4.79 Å². The zero-order valence-corrected chi connectivity index (χ0v) is 7.42. The van der Waals surface area contributed by atoms with Gasteiger partial charge < -0.3 is 5.32 Å². The zero-order chi connectivity index (χ0) is 8.81. The van der Waals surface area contributed by atoms with Gasteiger partial charge in [0.1, 0.15) is 0 Å². The number of hydrogen-bond donors (Lipinski definition) is 1. The Hall–Kier alpha value is -1.05. The van der Waals surface area contributed by atoms with Crippen LogP contribution in [0.3, 0.4) is 0 Å². The molecule has 66 valence electrons. The third kappa shape index (κ3) is 2.91. The lowest BCUT2D eigenvalue weighted by molar-refractivity contribution is -0.117. The summed E-state index contributed by atoms with van der Waals surface area (Å²) in [5.41, 5.74) is 0. The summed E-state index contributed by atoms with van der Waals surface area (Å²) < 4.78 is 0. The second-order valence-electron chi connectivity index (χ2n) is 2.97. The van der Waals surface area contributed by atoms with Crippen LogP contribution in [0.15, 0.2) is 24.3 Å². The van der Waals surface area contributed by atoms with Crippen LogP contribution in [-0.2, 0) is 4.79 Å². The van der Waals surface area contributed by atoms with Crippen LogP contribution in [0, 0.1) is 0 Å². The van der Waals surface area contributed by atoms with E-state index in [4.69, 9.17) is 0 Å². The van der Waals surface area contributed by atoms with E-state index in [2.05, 4.69) is 24.4 Å². The maximum absolute atomic E-state index is 10.9. The summed E-state index contributed by atoms with van der Waals surface area (Å²) in [7, 11) is 0. The lowest BCUT2D eigenvalue weighted by Gasteiger charge is -2.15. The van der Waals surface area contributed by atoms with E-state index in [0.29, 0.717) is 0 Å². The topological polar surface area (TPSA) is 29.1 Å². The lowest BCUT2D eigenvalue weighted by Crippen LogP contribution is -2.34. The molecule has 1 aliphatic rings. The van der Waals surface area contributed by atoms with Crippen LogP contribution in [0.2, 0.25) is 0 Å². The van der Waals surface area contributed by atoms with E-state index >= 15 is 0 Å². The van der Waals surface area contributed by atoms with E-state index in [1.807, 2.05) is 6.08 Å². The van der Waals surface area contributed by atoms with Gasteiger partial charge in [0.05, 0.1) is 6.04 Å². The van der Waals surface area contributed by atoms with E-state index in [-0.39, 0.29) is 11.9 Å². The van der Waals surface area contributed by atoms with Gasteiger partial charge in [0.15, 0.2) is 0 Å². The smallest absolute Gasteiger partial charge is 0.244 e. The van der Waals surface area contributed by atoms with Crippen molar-refractivity contribution in [2.45, 2.75) is 32.2 Å². The van der Waals surface area contributed by atoms with Crippen LogP contribution in [0.1, 0.15) is 26.2 Å². The Morgan fingerprint density at radius 2 is 2.58 bits per heavy atom. The Morgan fingerprint density at radius 1 is 1.75 bits per heavy atom. The molecule has 1 amide bonds. The fourth-order valence-electron chi connectivity index (χ4n) is 1.17. The molecule has 0 spiro atoms. The summed E-state index contributed by atoms with van der Waals surface area (Å²) in [6.07, 6.45) is 10.9. The number of carbonyl (C=O) groups is 1. The molecule has 1 N–H and O–H groups in total. The van der Waals surface area contributed by atoms with Gasteiger partial charge in [-0.2, -0.15) is 0 Å². The van der Waals surface area contributed by atoms with Crippen molar-refractivity contribution in [3.8, 4) is 0 Å². The predicted octanol–water partition coefficient (Wildman–Crippen LogP) is 1.79. The second-order valence-corrected chi connectivity index (χ2v) is 2.97. The molecule has 0 aromatic carbocycles. The van der Waals surface area contributed by atoms with Crippen molar-refractivity contribution in [1.82, 2.24) is 5.32 Å². The third-order valence-electron chi connectivity index (χ3n) is 1.81. The number of carbonyl (C=O) groups excluding carboxylic acids is 1. The van der Waals surface area contributed by atoms with Gasteiger partial charge in [-0.05, 0) is 18.9 Å². The molecule has 1 aliphatic heterocycles. The Balaban J connectivity index is 2.34. The Kier molecular flexibility index (Phi) is 3.58. The SMILES string of the molecule is CCC/C=C/[C@H]1CC=CC(=O)N1. The molecular formula is C10H15NO. The first-order valence-electron chi connectivity index (χ1n) is 4.46. The molecule has 0 aliphatic carbocycles. The van der Waals surface area contributed by atoms with Gasteiger partial charge in [0, 0.05) is 0 Å². The van der Waals surface area contributed by atoms with Gasteiger partial charge in [-0.3, -0.25) is 4.79 Å². The minimum Gasteiger partial charge on any atom is -0.346 e. The number of allylic oxidation sites excluding steroid dienone is 1. The number of unbranched alkanes of at least 4 members (excludes halogenated alkanes) is 1. The summed E-state index contributed by atoms with van der Waals surface area (Å²) in [5, 5.41) is 2.86. The number of amides is 1. The number of hydrogen-bond acceptors (Lipinski definition) is 1. The molecule has 12 heavy (non-hydrogen) atoms. The average Bonchev–Trinajstić information content (AvgIpc) is 2.05. The Labute approximate surface area is 73.4 Å². The summed E-state index contributed by atoms with van der Waals surface area (Å²) in [4.78, 5) is 10.9. The molecule has 0 aromatic heterocycles. The third-order valence-corrected chi connectivity index (χ3v) is 1.81. The van der Waals surface area contributed by atoms with Crippen molar-refractivity contribution in [3.63, 3.8) is 0 Å². The highest BCUT2D eigenvalue weighted by atomic mass is 16.1. The van der Waals surface area contributed by atoms with Crippen molar-refractivity contribution in [1.29, 1.82) is 0 Å². The molecule has 0 saturated carbocycles. The maximum Gasteiger partial charge on any atom is 0.244 e. The molecule has 0 unspecified atom stereocenters. The molecule has 0 bridgehead atoms. The van der Waals surface area contributed by atoms with Crippen molar-refractivity contribution in [2.75, 3.05) is 0 Å². The van der Waals surface area contributed by atoms with E-state index in [0.717, 1.165) is 19.3 Å². The van der Waals surface area contributed by atoms with Crippen molar-refractivity contribution >= 4 is 5.91 Å². The molecule has 2 heteroatoms. The van der Waals surface area contributed by atoms with Crippen molar-refractivity contribution in [3.05, 3.63) is 24.3 Å². The zero-order valence-electron chi connectivity index (χ0n) is 7.42. The van der Waals surface area contributed by atoms with E-state index in [1.54, 1.807) is 6.08 Å². The highest BCUT2D eigenvalue weighted by molar-refractivity contribution is 5.88. The quantitative estimate of drug-likeness (QED) is 0.635. The molecule has 0 fully saturated rings. The van der Waals surface area contributed by atoms with Gasteiger partial charge in [-0.1, -0.05) is 31.6 Å². The predicted molar refractivity (Wildman–Crippen MR) is 49.7 cm³/mol. The van der Waals surface area contributed by atoms with Crippen LogP contribution in [0.5, 0.6) is 0 Å². The van der Waals surface area contributed by atoms with Gasteiger partial charge in [-0.15, -0.1) is 0 Å². The Bertz CT molecular complexity index is 206. The lowest BCUT2D eigenvalue weighted by atomic mass is 10.1. The van der Waals surface area contributed by atoms with Crippen molar-refractivity contribution < 1.29 is 4.79 Å². The van der Waals surface area contributed by atoms with Crippen LogP contribution in [0.25, 0.3) is 0 Å². The van der Waals surface area contributed by atoms with Crippen LogP contribution in [-0.4, -0.2) is 11.9 Å². The van der Waals surface area contributed by atoms with Gasteiger partial charge in [-0.25, -0.2) is 0 Å². The first-order valence-corrected chi connectivity index (χ1v) is 4.46. The van der Waals surface area contributed by atoms with E-state index < -0.39 is 0 Å². The first kappa shape index (κ1) is 9.04. The fraction of sp³-hybridized carbons (Fsp3) is 0.500. The highest BCUT2D eigenvalue weighted by Gasteiger charge is 2.08.